The van der Waals surface area contributed by atoms with Crippen molar-refractivity contribution in [3.8, 4) is 0 Å². The Morgan fingerprint density at radius 3 is 2.00 bits per heavy atom. The maximum atomic E-state index is 13.5. The van der Waals surface area contributed by atoms with Crippen LogP contribution in [0.3, 0.4) is 0 Å². The number of rotatable bonds is 8. The van der Waals surface area contributed by atoms with Gasteiger partial charge in [-0.1, -0.05) is 91.2 Å². The second-order valence-corrected chi connectivity index (χ2v) is 11.5. The Kier molecular flexibility index (Phi) is 8.74. The molecule has 0 amide bonds. The van der Waals surface area contributed by atoms with Crippen LogP contribution >= 0.6 is 12.2 Å². The number of nitrogens with two attached hydrogens (primary N) is 1. The van der Waals surface area contributed by atoms with Crippen molar-refractivity contribution >= 4 is 27.4 Å². The third-order valence-electron chi connectivity index (χ3n) is 6.69. The monoisotopic (exact) mass is 522 g/mol. The lowest BCUT2D eigenvalue weighted by atomic mass is 9.91. The lowest BCUT2D eigenvalue weighted by Crippen LogP contribution is -2.53. The summed E-state index contributed by atoms with van der Waals surface area (Å²) in [5, 5.41) is 7.27. The standard InChI is InChI=1S/C28H34N4O2S2/c1-20-16-18-23(19-17-20)36(33,34)32-27(22-12-6-3-7-13-22)26(21-10-4-2-5-11-21)31-28(35)30-25-15-9-8-14-24(25)29/h2-7,10-13,16-19,24-27,32H,8-9,14-15,29H2,1H3,(H2,30,31,35)/t24-,25-,26-,27-/m1/s1. The van der Waals surface area contributed by atoms with Gasteiger partial charge in [-0.25, -0.2) is 13.1 Å². The lowest BCUT2D eigenvalue weighted by molar-refractivity contribution is 0.356. The number of aryl methyl sites for hydroxylation is 1. The first kappa shape index (κ1) is 26.3. The van der Waals surface area contributed by atoms with Crippen molar-refractivity contribution in [1.82, 2.24) is 15.4 Å². The van der Waals surface area contributed by atoms with Crippen molar-refractivity contribution in [2.45, 2.75) is 61.7 Å². The summed E-state index contributed by atoms with van der Waals surface area (Å²) >= 11 is 5.73. The zero-order valence-electron chi connectivity index (χ0n) is 20.4. The van der Waals surface area contributed by atoms with Crippen LogP contribution in [0.2, 0.25) is 0 Å². The highest BCUT2D eigenvalue weighted by Crippen LogP contribution is 2.31. The molecule has 0 heterocycles. The fraction of sp³-hybridized carbons (Fsp3) is 0.321. The molecule has 0 aromatic heterocycles. The molecule has 36 heavy (non-hydrogen) atoms. The summed E-state index contributed by atoms with van der Waals surface area (Å²) in [7, 11) is -3.82. The Bertz CT molecular complexity index is 1240. The van der Waals surface area contributed by atoms with Gasteiger partial charge in [0.2, 0.25) is 10.0 Å². The first-order valence-electron chi connectivity index (χ1n) is 12.3. The van der Waals surface area contributed by atoms with Crippen molar-refractivity contribution in [3.63, 3.8) is 0 Å². The van der Waals surface area contributed by atoms with E-state index in [2.05, 4.69) is 15.4 Å². The maximum absolute atomic E-state index is 13.5. The van der Waals surface area contributed by atoms with E-state index in [9.17, 15) is 8.42 Å². The molecule has 6 nitrogen and oxygen atoms in total. The van der Waals surface area contributed by atoms with Crippen LogP contribution < -0.4 is 21.1 Å². The number of sulfonamides is 1. The molecular weight excluding hydrogens is 488 g/mol. The van der Waals surface area contributed by atoms with Crippen LogP contribution in [-0.4, -0.2) is 25.6 Å². The third kappa shape index (κ3) is 6.70. The summed E-state index contributed by atoms with van der Waals surface area (Å²) in [6.45, 7) is 1.93. The molecule has 190 valence electrons. The molecule has 1 fully saturated rings. The van der Waals surface area contributed by atoms with Crippen molar-refractivity contribution in [1.29, 1.82) is 0 Å². The molecule has 1 saturated carbocycles. The largest absolute Gasteiger partial charge is 0.358 e. The maximum Gasteiger partial charge on any atom is 0.241 e. The smallest absolute Gasteiger partial charge is 0.241 e. The summed E-state index contributed by atoms with van der Waals surface area (Å²) in [5.41, 5.74) is 9.07. The van der Waals surface area contributed by atoms with Crippen LogP contribution in [-0.2, 0) is 10.0 Å². The molecule has 5 N–H and O–H groups in total. The van der Waals surface area contributed by atoms with Crippen LogP contribution in [0.5, 0.6) is 0 Å². The molecule has 1 aliphatic carbocycles. The highest BCUT2D eigenvalue weighted by Gasteiger charge is 2.31. The molecular formula is C28H34N4O2S2. The van der Waals surface area contributed by atoms with Crippen molar-refractivity contribution in [3.05, 3.63) is 102 Å². The van der Waals surface area contributed by atoms with E-state index in [0.717, 1.165) is 42.4 Å². The molecule has 1 aliphatic rings. The van der Waals surface area contributed by atoms with E-state index >= 15 is 0 Å². The van der Waals surface area contributed by atoms with E-state index in [0.29, 0.717) is 5.11 Å². The van der Waals surface area contributed by atoms with Crippen LogP contribution in [0.25, 0.3) is 0 Å². The molecule has 0 bridgehead atoms. The highest BCUT2D eigenvalue weighted by atomic mass is 32.2. The fourth-order valence-corrected chi connectivity index (χ4v) is 6.17. The van der Waals surface area contributed by atoms with Gasteiger partial charge in [0.15, 0.2) is 5.11 Å². The molecule has 0 unspecified atom stereocenters. The molecule has 4 atom stereocenters. The Morgan fingerprint density at radius 1 is 0.861 bits per heavy atom. The molecule has 0 spiro atoms. The summed E-state index contributed by atoms with van der Waals surface area (Å²) in [6.07, 6.45) is 4.16. The van der Waals surface area contributed by atoms with Gasteiger partial charge in [-0.05, 0) is 55.2 Å². The van der Waals surface area contributed by atoms with Gasteiger partial charge in [-0.15, -0.1) is 0 Å². The first-order valence-corrected chi connectivity index (χ1v) is 14.2. The Labute approximate surface area is 219 Å². The van der Waals surface area contributed by atoms with Gasteiger partial charge in [-0.3, -0.25) is 0 Å². The first-order chi connectivity index (χ1) is 17.3. The van der Waals surface area contributed by atoms with Gasteiger partial charge in [-0.2, -0.15) is 0 Å². The number of benzene rings is 3. The average Bonchev–Trinajstić information content (AvgIpc) is 2.89. The highest BCUT2D eigenvalue weighted by molar-refractivity contribution is 7.89. The number of thiocarbonyl (C=S) groups is 1. The van der Waals surface area contributed by atoms with Crippen LogP contribution in [0.1, 0.15) is 54.5 Å². The van der Waals surface area contributed by atoms with Crippen molar-refractivity contribution < 1.29 is 8.42 Å². The third-order valence-corrected chi connectivity index (χ3v) is 8.38. The second-order valence-electron chi connectivity index (χ2n) is 9.38. The van der Waals surface area contributed by atoms with Crippen LogP contribution in [0.15, 0.2) is 89.8 Å². The van der Waals surface area contributed by atoms with Crippen LogP contribution in [0, 0.1) is 6.92 Å². The lowest BCUT2D eigenvalue weighted by Gasteiger charge is -2.34. The van der Waals surface area contributed by atoms with Crippen molar-refractivity contribution in [2.75, 3.05) is 0 Å². The van der Waals surface area contributed by atoms with Crippen molar-refractivity contribution in [2.24, 2.45) is 5.73 Å². The van der Waals surface area contributed by atoms with Gasteiger partial charge < -0.3 is 16.4 Å². The second kappa shape index (κ2) is 12.0. The molecule has 4 rings (SSSR count). The normalized spacial score (nSPS) is 19.7. The Hall–Kier alpha value is -2.78. The van der Waals surface area contributed by atoms with Gasteiger partial charge in [0.25, 0.3) is 0 Å². The van der Waals surface area contributed by atoms with E-state index in [1.807, 2.05) is 67.6 Å². The summed E-state index contributed by atoms with van der Waals surface area (Å²) in [5.74, 6) is 0. The SMILES string of the molecule is Cc1ccc(S(=O)(=O)N[C@H](c2ccccc2)[C@H](NC(=S)N[C@@H]2CCCC[C@H]2N)c2ccccc2)cc1. The molecule has 0 saturated heterocycles. The molecule has 3 aromatic carbocycles. The van der Waals surface area contributed by atoms with Gasteiger partial charge in [0, 0.05) is 12.1 Å². The summed E-state index contributed by atoms with van der Waals surface area (Å²) in [4.78, 5) is 0.217. The molecule has 3 aromatic rings. The Balaban J connectivity index is 1.67. The number of hydrogen-bond acceptors (Lipinski definition) is 4. The topological polar surface area (TPSA) is 96.2 Å². The molecule has 0 aliphatic heterocycles. The number of nitrogens with one attached hydrogen (secondary N) is 3. The quantitative estimate of drug-likeness (QED) is 0.326. The van der Waals surface area contributed by atoms with E-state index in [4.69, 9.17) is 18.0 Å². The van der Waals surface area contributed by atoms with E-state index in [1.165, 1.54) is 0 Å². The van der Waals surface area contributed by atoms with E-state index < -0.39 is 22.1 Å². The van der Waals surface area contributed by atoms with E-state index in [-0.39, 0.29) is 17.0 Å². The minimum Gasteiger partial charge on any atom is -0.358 e. The number of hydrogen-bond donors (Lipinski definition) is 4. The molecule has 0 radical (unpaired) electrons. The minimum atomic E-state index is -3.82. The predicted octanol–water partition coefficient (Wildman–Crippen LogP) is 4.49. The zero-order valence-corrected chi connectivity index (χ0v) is 22.1. The predicted molar refractivity (Wildman–Crippen MR) is 149 cm³/mol. The summed E-state index contributed by atoms with van der Waals surface area (Å²) in [6, 6.07) is 25.2. The molecule has 8 heteroatoms. The average molecular weight is 523 g/mol. The summed E-state index contributed by atoms with van der Waals surface area (Å²) < 4.78 is 30.0. The fourth-order valence-electron chi connectivity index (χ4n) is 4.65. The Morgan fingerprint density at radius 2 is 1.42 bits per heavy atom. The minimum absolute atomic E-state index is 0.0404. The van der Waals surface area contributed by atoms with E-state index in [1.54, 1.807) is 24.3 Å². The van der Waals surface area contributed by atoms with Gasteiger partial charge >= 0.3 is 0 Å². The van der Waals surface area contributed by atoms with Gasteiger partial charge in [0.1, 0.15) is 0 Å². The van der Waals surface area contributed by atoms with Gasteiger partial charge in [0.05, 0.1) is 17.0 Å². The van der Waals surface area contributed by atoms with Crippen LogP contribution in [0.4, 0.5) is 0 Å². The zero-order chi connectivity index (χ0) is 25.5.